The smallest absolute Gasteiger partial charge is 0.166 e. The number of anilines is 1. The maximum atomic E-state index is 10.2. The Hall–Kier alpha value is -3.31. The van der Waals surface area contributed by atoms with Gasteiger partial charge in [0.1, 0.15) is 0 Å². The van der Waals surface area contributed by atoms with Gasteiger partial charge in [0, 0.05) is 50.2 Å². The van der Waals surface area contributed by atoms with Crippen molar-refractivity contribution in [1.82, 2.24) is 4.90 Å². The number of aliphatic imine (C=N–C) groups is 1. The van der Waals surface area contributed by atoms with Crippen molar-refractivity contribution in [3.63, 3.8) is 0 Å². The highest BCUT2D eigenvalue weighted by atomic mass is 16.5. The van der Waals surface area contributed by atoms with Crippen molar-refractivity contribution in [2.75, 3.05) is 38.2 Å². The third kappa shape index (κ3) is 4.81. The van der Waals surface area contributed by atoms with Crippen molar-refractivity contribution in [3.05, 3.63) is 83.9 Å². The Morgan fingerprint density at radius 1 is 0.900 bits per heavy atom. The van der Waals surface area contributed by atoms with Gasteiger partial charge in [0.05, 0.1) is 12.8 Å². The van der Waals surface area contributed by atoms with Crippen molar-refractivity contribution in [1.29, 1.82) is 0 Å². The molecule has 0 aliphatic carbocycles. The number of ether oxygens (including phenoxy) is 1. The van der Waals surface area contributed by atoms with Crippen LogP contribution in [-0.4, -0.2) is 49.5 Å². The predicted molar refractivity (Wildman–Crippen MR) is 122 cm³/mol. The number of hydrogen-bond acceptors (Lipinski definition) is 5. The van der Waals surface area contributed by atoms with E-state index in [9.17, 15) is 5.11 Å². The molecular weight excluding hydrogens is 374 g/mol. The first-order valence-corrected chi connectivity index (χ1v) is 10.2. The van der Waals surface area contributed by atoms with Gasteiger partial charge in [-0.05, 0) is 42.0 Å². The van der Waals surface area contributed by atoms with Crippen LogP contribution in [-0.2, 0) is 6.54 Å². The van der Waals surface area contributed by atoms with Gasteiger partial charge in [0.2, 0.25) is 0 Å². The lowest BCUT2D eigenvalue weighted by Gasteiger charge is -2.36. The third-order valence-electron chi connectivity index (χ3n) is 5.44. The summed E-state index contributed by atoms with van der Waals surface area (Å²) in [7, 11) is 1.54. The van der Waals surface area contributed by atoms with Crippen LogP contribution >= 0.6 is 0 Å². The van der Waals surface area contributed by atoms with Gasteiger partial charge in [-0.2, -0.15) is 0 Å². The van der Waals surface area contributed by atoms with Crippen LogP contribution in [0.3, 0.4) is 0 Å². The lowest BCUT2D eigenvalue weighted by atomic mass is 10.2. The maximum absolute atomic E-state index is 10.2. The normalized spacial score (nSPS) is 14.9. The second-order valence-electron chi connectivity index (χ2n) is 7.42. The summed E-state index contributed by atoms with van der Waals surface area (Å²) >= 11 is 0. The van der Waals surface area contributed by atoms with Crippen molar-refractivity contribution in [3.8, 4) is 11.5 Å². The van der Waals surface area contributed by atoms with E-state index >= 15 is 0 Å². The minimum atomic E-state index is 0.105. The maximum Gasteiger partial charge on any atom is 0.166 e. The minimum absolute atomic E-state index is 0.105. The van der Waals surface area contributed by atoms with E-state index in [-0.39, 0.29) is 5.75 Å². The molecule has 1 fully saturated rings. The number of benzene rings is 3. The molecule has 5 heteroatoms. The molecule has 0 atom stereocenters. The summed E-state index contributed by atoms with van der Waals surface area (Å²) in [5.41, 5.74) is 4.07. The van der Waals surface area contributed by atoms with E-state index in [4.69, 9.17) is 4.74 Å². The summed E-state index contributed by atoms with van der Waals surface area (Å²) in [6, 6.07) is 24.3. The summed E-state index contributed by atoms with van der Waals surface area (Å²) in [4.78, 5) is 9.42. The summed E-state index contributed by atoms with van der Waals surface area (Å²) < 4.78 is 5.14. The van der Waals surface area contributed by atoms with Crippen LogP contribution in [0, 0.1) is 0 Å². The Balaban J connectivity index is 1.34. The lowest BCUT2D eigenvalue weighted by Crippen LogP contribution is -2.45. The SMILES string of the molecule is COc1cccc(C=Nc2ccc(N3CCN(Cc4ccccc4)CC3)cc2)c1O. The van der Waals surface area contributed by atoms with E-state index < -0.39 is 0 Å². The van der Waals surface area contributed by atoms with E-state index in [1.807, 2.05) is 24.3 Å². The number of methoxy groups -OCH3 is 1. The highest BCUT2D eigenvalue weighted by molar-refractivity contribution is 5.86. The molecule has 1 heterocycles. The molecule has 1 saturated heterocycles. The molecule has 0 saturated carbocycles. The molecule has 0 spiro atoms. The van der Waals surface area contributed by atoms with E-state index in [1.165, 1.54) is 18.4 Å². The van der Waals surface area contributed by atoms with E-state index in [1.54, 1.807) is 12.3 Å². The standard InChI is InChI=1S/C25H27N3O2/c1-30-24-9-5-8-21(25(24)29)18-26-22-10-12-23(13-11-22)28-16-14-27(15-17-28)19-20-6-3-2-4-7-20/h2-13,18,29H,14-17,19H2,1H3. The fourth-order valence-electron chi connectivity index (χ4n) is 3.71. The molecule has 0 aromatic heterocycles. The second kappa shape index (κ2) is 9.46. The first-order valence-electron chi connectivity index (χ1n) is 10.2. The molecule has 0 unspecified atom stereocenters. The predicted octanol–water partition coefficient (Wildman–Crippen LogP) is 4.47. The van der Waals surface area contributed by atoms with E-state index in [0.29, 0.717) is 11.3 Å². The first kappa shape index (κ1) is 20.0. The van der Waals surface area contributed by atoms with Gasteiger partial charge in [-0.3, -0.25) is 9.89 Å². The van der Waals surface area contributed by atoms with Crippen molar-refractivity contribution < 1.29 is 9.84 Å². The Morgan fingerprint density at radius 3 is 2.33 bits per heavy atom. The summed E-state index contributed by atoms with van der Waals surface area (Å²) in [6.45, 7) is 5.17. The van der Waals surface area contributed by atoms with Gasteiger partial charge >= 0.3 is 0 Å². The van der Waals surface area contributed by atoms with Crippen molar-refractivity contribution in [2.24, 2.45) is 4.99 Å². The van der Waals surface area contributed by atoms with E-state index in [2.05, 4.69) is 57.3 Å². The molecule has 1 N–H and O–H groups in total. The Bertz CT molecular complexity index is 979. The quantitative estimate of drug-likeness (QED) is 0.619. The van der Waals surface area contributed by atoms with Crippen LogP contribution in [0.5, 0.6) is 11.5 Å². The Morgan fingerprint density at radius 2 is 1.63 bits per heavy atom. The molecular formula is C25H27N3O2. The average Bonchev–Trinajstić information content (AvgIpc) is 2.80. The number of para-hydroxylation sites is 1. The number of nitrogens with zero attached hydrogens (tertiary/aromatic N) is 3. The lowest BCUT2D eigenvalue weighted by molar-refractivity contribution is 0.250. The molecule has 0 radical (unpaired) electrons. The summed E-state index contributed by atoms with van der Waals surface area (Å²) in [5, 5.41) is 10.2. The number of aromatic hydroxyl groups is 1. The first-order chi connectivity index (χ1) is 14.7. The van der Waals surface area contributed by atoms with Crippen molar-refractivity contribution >= 4 is 17.6 Å². The minimum Gasteiger partial charge on any atom is -0.504 e. The molecule has 154 valence electrons. The average molecular weight is 402 g/mol. The van der Waals surface area contributed by atoms with Gasteiger partial charge in [-0.15, -0.1) is 0 Å². The monoisotopic (exact) mass is 401 g/mol. The van der Waals surface area contributed by atoms with E-state index in [0.717, 1.165) is 38.4 Å². The molecule has 1 aliphatic heterocycles. The zero-order valence-electron chi connectivity index (χ0n) is 17.2. The molecule has 1 aliphatic rings. The Labute approximate surface area is 177 Å². The van der Waals surface area contributed by atoms with Gasteiger partial charge in [-0.1, -0.05) is 36.4 Å². The summed E-state index contributed by atoms with van der Waals surface area (Å²) in [6.07, 6.45) is 1.66. The fourth-order valence-corrected chi connectivity index (χ4v) is 3.71. The molecule has 4 rings (SSSR count). The van der Waals surface area contributed by atoms with Crippen LogP contribution in [0.2, 0.25) is 0 Å². The fraction of sp³-hybridized carbons (Fsp3) is 0.240. The molecule has 3 aromatic carbocycles. The zero-order chi connectivity index (χ0) is 20.8. The number of hydrogen-bond donors (Lipinski definition) is 1. The number of phenolic OH excluding ortho intramolecular Hbond substituents is 1. The molecule has 0 bridgehead atoms. The topological polar surface area (TPSA) is 48.3 Å². The van der Waals surface area contributed by atoms with Crippen LogP contribution in [0.1, 0.15) is 11.1 Å². The Kier molecular flexibility index (Phi) is 6.30. The van der Waals surface area contributed by atoms with Crippen molar-refractivity contribution in [2.45, 2.75) is 6.54 Å². The van der Waals surface area contributed by atoms with Crippen LogP contribution in [0.4, 0.5) is 11.4 Å². The number of rotatable bonds is 6. The largest absolute Gasteiger partial charge is 0.504 e. The second-order valence-corrected chi connectivity index (χ2v) is 7.42. The molecule has 5 nitrogen and oxygen atoms in total. The van der Waals surface area contributed by atoms with Crippen LogP contribution in [0.25, 0.3) is 0 Å². The molecule has 0 amide bonds. The number of phenols is 1. The number of piperazine rings is 1. The van der Waals surface area contributed by atoms with Crippen LogP contribution < -0.4 is 9.64 Å². The zero-order valence-corrected chi connectivity index (χ0v) is 17.2. The summed E-state index contributed by atoms with van der Waals surface area (Å²) in [5.74, 6) is 0.550. The van der Waals surface area contributed by atoms with Gasteiger partial charge < -0.3 is 14.7 Å². The van der Waals surface area contributed by atoms with Gasteiger partial charge in [0.15, 0.2) is 11.5 Å². The molecule has 30 heavy (non-hydrogen) atoms. The molecule has 3 aromatic rings. The highest BCUT2D eigenvalue weighted by Gasteiger charge is 2.17. The highest BCUT2D eigenvalue weighted by Crippen LogP contribution is 2.29. The van der Waals surface area contributed by atoms with Gasteiger partial charge in [-0.25, -0.2) is 0 Å². The third-order valence-corrected chi connectivity index (χ3v) is 5.44. The van der Waals surface area contributed by atoms with Crippen LogP contribution in [0.15, 0.2) is 77.8 Å². The van der Waals surface area contributed by atoms with Gasteiger partial charge in [0.25, 0.3) is 0 Å².